The van der Waals surface area contributed by atoms with Gasteiger partial charge in [0.25, 0.3) is 0 Å². The van der Waals surface area contributed by atoms with Crippen LogP contribution in [0.4, 0.5) is 4.79 Å². The summed E-state index contributed by atoms with van der Waals surface area (Å²) in [6, 6.07) is 13.1. The van der Waals surface area contributed by atoms with Gasteiger partial charge >= 0.3 is 6.09 Å². The number of carbonyl (C=O) groups excluding carboxylic acids is 2. The van der Waals surface area contributed by atoms with Gasteiger partial charge in [0.1, 0.15) is 11.4 Å². The number of aryl methyl sites for hydroxylation is 1. The van der Waals surface area contributed by atoms with E-state index in [9.17, 15) is 14.7 Å². The van der Waals surface area contributed by atoms with Gasteiger partial charge in [-0.1, -0.05) is 42.5 Å². The monoisotopic (exact) mass is 509 g/mol. The van der Waals surface area contributed by atoms with Crippen molar-refractivity contribution in [1.29, 1.82) is 0 Å². The van der Waals surface area contributed by atoms with Gasteiger partial charge in [-0.15, -0.1) is 5.10 Å². The maximum Gasteiger partial charge on any atom is 0.415 e. The Kier molecular flexibility index (Phi) is 8.73. The lowest BCUT2D eigenvalue weighted by Gasteiger charge is -2.35. The largest absolute Gasteiger partial charge is 0.415 e. The van der Waals surface area contributed by atoms with E-state index in [1.165, 1.54) is 4.90 Å². The Morgan fingerprint density at radius 2 is 2.05 bits per heavy atom. The molecule has 0 fully saturated rings. The molecule has 0 spiro atoms. The molecule has 10 heteroatoms. The van der Waals surface area contributed by atoms with Crippen molar-refractivity contribution in [3.63, 3.8) is 0 Å². The molecule has 1 aliphatic rings. The van der Waals surface area contributed by atoms with Gasteiger partial charge in [-0.05, 0) is 36.2 Å². The average Bonchev–Trinajstić information content (AvgIpc) is 3.36. The third-order valence-electron chi connectivity index (χ3n) is 6.74. The molecule has 0 aliphatic carbocycles. The highest BCUT2D eigenvalue weighted by molar-refractivity contribution is 5.84. The zero-order valence-electron chi connectivity index (χ0n) is 21.6. The van der Waals surface area contributed by atoms with E-state index < -0.39 is 12.2 Å². The third-order valence-corrected chi connectivity index (χ3v) is 6.74. The van der Waals surface area contributed by atoms with Gasteiger partial charge in [-0.3, -0.25) is 9.48 Å². The molecule has 10 nitrogen and oxygen atoms in total. The van der Waals surface area contributed by atoms with E-state index in [-0.39, 0.29) is 37.6 Å². The van der Waals surface area contributed by atoms with E-state index in [1.807, 2.05) is 56.4 Å². The van der Waals surface area contributed by atoms with Crippen molar-refractivity contribution in [2.75, 3.05) is 26.7 Å². The number of carbonyl (C=O) groups is 2. The minimum Gasteiger partial charge on any atom is -0.410 e. The summed E-state index contributed by atoms with van der Waals surface area (Å²) in [5, 5.41) is 20.1. The number of aliphatic hydroxyl groups excluding tert-OH is 1. The SMILES string of the molecule is C[C@H]1CN([C@@H](C)CO)C(=O)CCCn2cc(nn2)CO[C@H]1CN(C)C(=O)Oc1ccc2ccccc2c1. The molecule has 1 aromatic heterocycles. The number of ether oxygens (including phenoxy) is 2. The number of likely N-dealkylation sites (N-methyl/N-ethyl adjacent to an activating group) is 1. The number of amides is 2. The summed E-state index contributed by atoms with van der Waals surface area (Å²) in [6.45, 7) is 5.12. The Morgan fingerprint density at radius 3 is 2.84 bits per heavy atom. The second-order valence-electron chi connectivity index (χ2n) is 9.74. The number of benzene rings is 2. The molecule has 2 bridgehead atoms. The number of aliphatic hydroxyl groups is 1. The minimum absolute atomic E-state index is 0.0317. The summed E-state index contributed by atoms with van der Waals surface area (Å²) in [5.74, 6) is 0.296. The van der Waals surface area contributed by atoms with Gasteiger partial charge < -0.3 is 24.4 Å². The number of hydrogen-bond acceptors (Lipinski definition) is 7. The van der Waals surface area contributed by atoms with Gasteiger partial charge in [-0.2, -0.15) is 0 Å². The molecule has 3 aromatic rings. The molecular weight excluding hydrogens is 474 g/mol. The molecule has 0 saturated carbocycles. The minimum atomic E-state index is -0.503. The van der Waals surface area contributed by atoms with Crippen molar-refractivity contribution in [1.82, 2.24) is 24.8 Å². The summed E-state index contributed by atoms with van der Waals surface area (Å²) in [6.07, 6.45) is 1.86. The molecule has 4 rings (SSSR count). The van der Waals surface area contributed by atoms with Crippen molar-refractivity contribution in [2.24, 2.45) is 5.92 Å². The summed E-state index contributed by atoms with van der Waals surface area (Å²) in [5.41, 5.74) is 0.685. The molecule has 2 amide bonds. The summed E-state index contributed by atoms with van der Waals surface area (Å²) in [4.78, 5) is 29.1. The molecule has 198 valence electrons. The Bertz CT molecular complexity index is 1210. The van der Waals surface area contributed by atoms with Crippen LogP contribution in [0.5, 0.6) is 5.75 Å². The molecule has 37 heavy (non-hydrogen) atoms. The lowest BCUT2D eigenvalue weighted by atomic mass is 10.0. The van der Waals surface area contributed by atoms with Crippen molar-refractivity contribution >= 4 is 22.8 Å². The van der Waals surface area contributed by atoms with Crippen LogP contribution in [-0.2, 0) is 22.7 Å². The first-order valence-corrected chi connectivity index (χ1v) is 12.7. The van der Waals surface area contributed by atoms with Crippen LogP contribution in [0.1, 0.15) is 32.4 Å². The Hall–Kier alpha value is -3.50. The highest BCUT2D eigenvalue weighted by Crippen LogP contribution is 2.22. The van der Waals surface area contributed by atoms with Gasteiger partial charge in [0.05, 0.1) is 38.1 Å². The van der Waals surface area contributed by atoms with Crippen molar-refractivity contribution in [3.05, 3.63) is 54.4 Å². The second kappa shape index (κ2) is 12.2. The first-order chi connectivity index (χ1) is 17.8. The van der Waals surface area contributed by atoms with Crippen LogP contribution in [0.15, 0.2) is 48.7 Å². The van der Waals surface area contributed by atoms with Gasteiger partial charge in [0.2, 0.25) is 5.91 Å². The normalized spacial score (nSPS) is 20.0. The fourth-order valence-corrected chi connectivity index (χ4v) is 4.45. The van der Waals surface area contributed by atoms with Crippen molar-refractivity contribution in [3.8, 4) is 5.75 Å². The summed E-state index contributed by atoms with van der Waals surface area (Å²) >= 11 is 0. The molecule has 0 unspecified atom stereocenters. The zero-order chi connectivity index (χ0) is 26.4. The molecule has 3 atom stereocenters. The van der Waals surface area contributed by atoms with Crippen LogP contribution in [0, 0.1) is 5.92 Å². The fourth-order valence-electron chi connectivity index (χ4n) is 4.45. The van der Waals surface area contributed by atoms with E-state index in [4.69, 9.17) is 9.47 Å². The summed E-state index contributed by atoms with van der Waals surface area (Å²) < 4.78 is 13.6. The predicted molar refractivity (Wildman–Crippen MR) is 138 cm³/mol. The van der Waals surface area contributed by atoms with Crippen molar-refractivity contribution in [2.45, 2.75) is 52.0 Å². The van der Waals surface area contributed by atoms with E-state index in [0.717, 1.165) is 10.8 Å². The Balaban J connectivity index is 1.48. The number of rotatable bonds is 5. The molecular formula is C27H35N5O5. The average molecular weight is 510 g/mol. The molecule has 0 saturated heterocycles. The lowest BCUT2D eigenvalue weighted by Crippen LogP contribution is -2.48. The van der Waals surface area contributed by atoms with Crippen LogP contribution >= 0.6 is 0 Å². The first kappa shape index (κ1) is 26.6. The Morgan fingerprint density at radius 1 is 1.27 bits per heavy atom. The molecule has 0 radical (unpaired) electrons. The summed E-state index contributed by atoms with van der Waals surface area (Å²) in [7, 11) is 1.66. The predicted octanol–water partition coefficient (Wildman–Crippen LogP) is 3.09. The van der Waals surface area contributed by atoms with E-state index in [1.54, 1.807) is 22.7 Å². The van der Waals surface area contributed by atoms with E-state index in [2.05, 4.69) is 10.3 Å². The topological polar surface area (TPSA) is 110 Å². The quantitative estimate of drug-likeness (QED) is 0.563. The van der Waals surface area contributed by atoms with Gasteiger partial charge in [0, 0.05) is 32.5 Å². The van der Waals surface area contributed by atoms with E-state index in [0.29, 0.717) is 37.4 Å². The first-order valence-electron chi connectivity index (χ1n) is 12.7. The van der Waals surface area contributed by atoms with E-state index >= 15 is 0 Å². The molecule has 2 aromatic carbocycles. The highest BCUT2D eigenvalue weighted by Gasteiger charge is 2.29. The maximum absolute atomic E-state index is 13.0. The molecule has 1 N–H and O–H groups in total. The van der Waals surface area contributed by atoms with Crippen LogP contribution in [0.3, 0.4) is 0 Å². The third kappa shape index (κ3) is 6.84. The fraction of sp³-hybridized carbons (Fsp3) is 0.481. The lowest BCUT2D eigenvalue weighted by molar-refractivity contribution is -0.136. The van der Waals surface area contributed by atoms with Crippen LogP contribution < -0.4 is 4.74 Å². The molecule has 2 heterocycles. The van der Waals surface area contributed by atoms with Gasteiger partial charge in [0.15, 0.2) is 0 Å². The van der Waals surface area contributed by atoms with Gasteiger partial charge in [-0.25, -0.2) is 4.79 Å². The van der Waals surface area contributed by atoms with Crippen LogP contribution in [0.25, 0.3) is 10.8 Å². The van der Waals surface area contributed by atoms with Crippen LogP contribution in [-0.4, -0.2) is 80.8 Å². The highest BCUT2D eigenvalue weighted by atomic mass is 16.6. The number of aromatic nitrogens is 3. The number of hydrogen-bond donors (Lipinski definition) is 1. The standard InChI is InChI=1S/C27H35N5O5/c1-19-14-32(20(2)17-33)26(34)9-6-12-31-15-23(28-29-31)18-36-25(19)16-30(3)27(35)37-24-11-10-21-7-4-5-8-22(21)13-24/h4-5,7-8,10-11,13,15,19-20,25,33H,6,9,12,14,16-18H2,1-3H3/t19-,20-,25-/m0/s1. The number of nitrogens with zero attached hydrogens (tertiary/aromatic N) is 5. The van der Waals surface area contributed by atoms with Crippen LogP contribution in [0.2, 0.25) is 0 Å². The number of fused-ring (bicyclic) bond motifs is 3. The maximum atomic E-state index is 13.0. The second-order valence-corrected chi connectivity index (χ2v) is 9.74. The smallest absolute Gasteiger partial charge is 0.410 e. The zero-order valence-corrected chi connectivity index (χ0v) is 21.6. The molecule has 1 aliphatic heterocycles. The van der Waals surface area contributed by atoms with Crippen molar-refractivity contribution < 1.29 is 24.2 Å². The Labute approximate surface area is 216 Å².